The van der Waals surface area contributed by atoms with Crippen molar-refractivity contribution in [2.45, 2.75) is 16.2 Å². The largest absolute Gasteiger partial charge is 0.462 e. The number of esters is 3. The standard InChI is InChI=1S/C41H34O6S2/c1-3-39(42)45-27-29-48-37-21-15-33(16-22-37)7-5-31-9-11-35(12-10-31)25-26-47-41(44)36-19-13-32(14-20-36)6-8-34-17-23-38(24-18-34)49-30-28-46-40(43)4-2/h3-4,9-24H,1-2,25-30H2. The minimum absolute atomic E-state index is 0.265. The van der Waals surface area contributed by atoms with Gasteiger partial charge in [-0.15, -0.1) is 23.5 Å². The Hall–Kier alpha value is -5.41. The van der Waals surface area contributed by atoms with Gasteiger partial charge in [-0.3, -0.25) is 0 Å². The summed E-state index contributed by atoms with van der Waals surface area (Å²) in [7, 11) is 0. The van der Waals surface area contributed by atoms with E-state index in [-0.39, 0.29) is 12.6 Å². The molecule has 49 heavy (non-hydrogen) atoms. The average molecular weight is 687 g/mol. The molecule has 0 unspecified atom stereocenters. The molecular formula is C41H34O6S2. The first-order valence-electron chi connectivity index (χ1n) is 15.4. The molecule has 0 atom stereocenters. The molecule has 0 aliphatic heterocycles. The second kappa shape index (κ2) is 20.1. The summed E-state index contributed by atoms with van der Waals surface area (Å²) in [6, 6.07) is 30.7. The lowest BCUT2D eigenvalue weighted by atomic mass is 10.1. The Balaban J connectivity index is 1.16. The third-order valence-electron chi connectivity index (χ3n) is 6.64. The van der Waals surface area contributed by atoms with E-state index in [9.17, 15) is 14.4 Å². The van der Waals surface area contributed by atoms with Gasteiger partial charge in [0.2, 0.25) is 0 Å². The van der Waals surface area contributed by atoms with Crippen LogP contribution in [0, 0.1) is 23.7 Å². The van der Waals surface area contributed by atoms with Crippen molar-refractivity contribution in [2.75, 3.05) is 31.3 Å². The first kappa shape index (κ1) is 36.4. The van der Waals surface area contributed by atoms with Gasteiger partial charge in [-0.25, -0.2) is 14.4 Å². The zero-order chi connectivity index (χ0) is 34.7. The van der Waals surface area contributed by atoms with Crippen molar-refractivity contribution in [3.63, 3.8) is 0 Å². The van der Waals surface area contributed by atoms with Crippen molar-refractivity contribution in [1.82, 2.24) is 0 Å². The number of thioether (sulfide) groups is 2. The highest BCUT2D eigenvalue weighted by molar-refractivity contribution is 7.99. The minimum atomic E-state index is -0.419. The molecule has 0 aliphatic carbocycles. The lowest BCUT2D eigenvalue weighted by Gasteiger charge is -2.05. The number of carbonyl (C=O) groups is 3. The molecule has 0 aromatic heterocycles. The van der Waals surface area contributed by atoms with Gasteiger partial charge >= 0.3 is 17.9 Å². The maximum Gasteiger partial charge on any atom is 0.338 e. The van der Waals surface area contributed by atoms with Crippen LogP contribution in [0.4, 0.5) is 0 Å². The highest BCUT2D eigenvalue weighted by Gasteiger charge is 2.07. The number of hydrogen-bond acceptors (Lipinski definition) is 8. The van der Waals surface area contributed by atoms with Crippen LogP contribution in [-0.2, 0) is 30.2 Å². The molecule has 4 rings (SSSR count). The predicted molar refractivity (Wildman–Crippen MR) is 195 cm³/mol. The Morgan fingerprint density at radius 2 is 0.918 bits per heavy atom. The monoisotopic (exact) mass is 686 g/mol. The molecule has 0 bridgehead atoms. The summed E-state index contributed by atoms with van der Waals surface area (Å²) in [6.45, 7) is 7.68. The molecule has 0 fully saturated rings. The molecule has 0 spiro atoms. The highest BCUT2D eigenvalue weighted by atomic mass is 32.2. The highest BCUT2D eigenvalue weighted by Crippen LogP contribution is 2.19. The van der Waals surface area contributed by atoms with Crippen molar-refractivity contribution in [3.05, 3.63) is 156 Å². The maximum atomic E-state index is 12.6. The summed E-state index contributed by atoms with van der Waals surface area (Å²) in [6.07, 6.45) is 2.90. The van der Waals surface area contributed by atoms with Crippen molar-refractivity contribution in [3.8, 4) is 23.7 Å². The molecular weight excluding hydrogens is 653 g/mol. The van der Waals surface area contributed by atoms with E-state index in [1.165, 1.54) is 0 Å². The summed E-state index contributed by atoms with van der Waals surface area (Å²) in [4.78, 5) is 36.9. The van der Waals surface area contributed by atoms with E-state index in [2.05, 4.69) is 36.8 Å². The topological polar surface area (TPSA) is 78.9 Å². The Morgan fingerprint density at radius 3 is 1.33 bits per heavy atom. The Kier molecular flexibility index (Phi) is 14.9. The number of carbonyl (C=O) groups excluding carboxylic acids is 3. The Morgan fingerprint density at radius 1 is 0.531 bits per heavy atom. The van der Waals surface area contributed by atoms with Crippen LogP contribution < -0.4 is 0 Å². The Bertz CT molecular complexity index is 1860. The number of rotatable bonds is 14. The first-order chi connectivity index (χ1) is 23.9. The van der Waals surface area contributed by atoms with E-state index < -0.39 is 11.9 Å². The molecule has 6 nitrogen and oxygen atoms in total. The van der Waals surface area contributed by atoms with Gasteiger partial charge in [0.05, 0.1) is 12.2 Å². The third kappa shape index (κ3) is 13.3. The van der Waals surface area contributed by atoms with E-state index in [1.807, 2.05) is 72.8 Å². The van der Waals surface area contributed by atoms with Crippen LogP contribution in [0.1, 0.15) is 38.2 Å². The van der Waals surface area contributed by atoms with Gasteiger partial charge in [0.1, 0.15) is 13.2 Å². The maximum absolute atomic E-state index is 12.6. The normalized spacial score (nSPS) is 9.96. The van der Waals surface area contributed by atoms with Crippen LogP contribution in [0.25, 0.3) is 0 Å². The van der Waals surface area contributed by atoms with Crippen LogP contribution in [0.15, 0.2) is 132 Å². The SMILES string of the molecule is C=CC(=O)OCCSc1ccc(C#Cc2ccc(CCOC(=O)c3ccc(C#Cc4ccc(SCCOC(=O)C=C)cc4)cc3)cc2)cc1. The second-order valence-electron chi connectivity index (χ2n) is 10.1. The van der Waals surface area contributed by atoms with Crippen molar-refractivity contribution >= 4 is 41.4 Å². The van der Waals surface area contributed by atoms with Gasteiger partial charge in [-0.05, 0) is 90.5 Å². The predicted octanol–water partition coefficient (Wildman–Crippen LogP) is 7.53. The van der Waals surface area contributed by atoms with E-state index in [0.29, 0.717) is 36.7 Å². The van der Waals surface area contributed by atoms with E-state index in [4.69, 9.17) is 14.2 Å². The lowest BCUT2D eigenvalue weighted by Crippen LogP contribution is -2.08. The zero-order valence-electron chi connectivity index (χ0n) is 26.8. The van der Waals surface area contributed by atoms with Crippen molar-refractivity contribution in [2.24, 2.45) is 0 Å². The molecule has 4 aromatic carbocycles. The molecule has 4 aromatic rings. The molecule has 0 aliphatic rings. The second-order valence-corrected chi connectivity index (χ2v) is 12.5. The minimum Gasteiger partial charge on any atom is -0.462 e. The van der Waals surface area contributed by atoms with Gasteiger partial charge in [-0.2, -0.15) is 0 Å². The smallest absolute Gasteiger partial charge is 0.338 e. The van der Waals surface area contributed by atoms with E-state index in [0.717, 1.165) is 49.8 Å². The van der Waals surface area contributed by atoms with Gasteiger partial charge in [0, 0.05) is 62.1 Å². The van der Waals surface area contributed by atoms with Crippen LogP contribution in [0.2, 0.25) is 0 Å². The van der Waals surface area contributed by atoms with Crippen LogP contribution in [0.5, 0.6) is 0 Å². The molecule has 0 amide bonds. The van der Waals surface area contributed by atoms with Gasteiger partial charge in [-0.1, -0.05) is 49.0 Å². The zero-order valence-corrected chi connectivity index (χ0v) is 28.4. The van der Waals surface area contributed by atoms with Crippen LogP contribution >= 0.6 is 23.5 Å². The summed E-state index contributed by atoms with van der Waals surface area (Å²) in [5.41, 5.74) is 4.97. The van der Waals surface area contributed by atoms with Gasteiger partial charge in [0.25, 0.3) is 0 Å². The number of hydrogen-bond donors (Lipinski definition) is 0. The fourth-order valence-electron chi connectivity index (χ4n) is 4.07. The van der Waals surface area contributed by atoms with Gasteiger partial charge in [0.15, 0.2) is 0 Å². The molecule has 246 valence electrons. The first-order valence-corrected chi connectivity index (χ1v) is 17.3. The molecule has 0 radical (unpaired) electrons. The van der Waals surface area contributed by atoms with Crippen molar-refractivity contribution < 1.29 is 28.6 Å². The van der Waals surface area contributed by atoms with Crippen LogP contribution in [-0.4, -0.2) is 49.2 Å². The third-order valence-corrected chi connectivity index (χ3v) is 8.59. The fraction of sp³-hybridized carbons (Fsp3) is 0.146. The summed E-state index contributed by atoms with van der Waals surface area (Å²) >= 11 is 3.19. The molecule has 0 saturated carbocycles. The Labute approximate surface area is 295 Å². The number of benzene rings is 4. The van der Waals surface area contributed by atoms with E-state index in [1.54, 1.807) is 47.8 Å². The summed E-state index contributed by atoms with van der Waals surface area (Å²) in [5, 5.41) is 0. The summed E-state index contributed by atoms with van der Waals surface area (Å²) in [5.74, 6) is 12.7. The average Bonchev–Trinajstić information content (AvgIpc) is 3.14. The molecule has 0 heterocycles. The molecule has 0 saturated heterocycles. The van der Waals surface area contributed by atoms with E-state index >= 15 is 0 Å². The van der Waals surface area contributed by atoms with Crippen LogP contribution in [0.3, 0.4) is 0 Å². The molecule has 8 heteroatoms. The van der Waals surface area contributed by atoms with Gasteiger partial charge < -0.3 is 14.2 Å². The lowest BCUT2D eigenvalue weighted by molar-refractivity contribution is -0.138. The fourth-order valence-corrected chi connectivity index (χ4v) is 5.53. The van der Waals surface area contributed by atoms with Crippen molar-refractivity contribution in [1.29, 1.82) is 0 Å². The summed E-state index contributed by atoms with van der Waals surface area (Å²) < 4.78 is 15.5. The molecule has 0 N–H and O–H groups in total. The number of ether oxygens (including phenoxy) is 3. The quantitative estimate of drug-likeness (QED) is 0.0337.